The quantitative estimate of drug-likeness (QED) is 0.608. The highest BCUT2D eigenvalue weighted by molar-refractivity contribution is 5.30. The Bertz CT molecular complexity index is 283. The SMILES string of the molecule is CC(C)(C)c1[c]cc(C2CC2)cc1. The zero-order valence-corrected chi connectivity index (χ0v) is 8.72. The second-order valence-corrected chi connectivity index (χ2v) is 5.06. The Kier molecular flexibility index (Phi) is 1.94. The lowest BCUT2D eigenvalue weighted by molar-refractivity contribution is 0.589. The van der Waals surface area contributed by atoms with Crippen molar-refractivity contribution in [1.82, 2.24) is 0 Å². The van der Waals surface area contributed by atoms with E-state index in [-0.39, 0.29) is 5.41 Å². The molecule has 0 aliphatic heterocycles. The summed E-state index contributed by atoms with van der Waals surface area (Å²) in [4.78, 5) is 0. The van der Waals surface area contributed by atoms with Crippen LogP contribution in [-0.2, 0) is 5.41 Å². The van der Waals surface area contributed by atoms with Crippen molar-refractivity contribution in [3.8, 4) is 0 Å². The van der Waals surface area contributed by atoms with Crippen molar-refractivity contribution in [2.45, 2.75) is 44.9 Å². The first kappa shape index (κ1) is 8.80. The molecule has 0 N–H and O–H groups in total. The molecular formula is C13H17. The smallest absolute Gasteiger partial charge is 0.0126 e. The summed E-state index contributed by atoms with van der Waals surface area (Å²) in [6.07, 6.45) is 2.76. The molecule has 1 saturated carbocycles. The zero-order valence-electron chi connectivity index (χ0n) is 8.72. The van der Waals surface area contributed by atoms with Crippen LogP contribution in [0.4, 0.5) is 0 Å². The van der Waals surface area contributed by atoms with Crippen LogP contribution in [0.25, 0.3) is 0 Å². The minimum absolute atomic E-state index is 0.238. The Balaban J connectivity index is 2.22. The van der Waals surface area contributed by atoms with Crippen molar-refractivity contribution in [2.75, 3.05) is 0 Å². The maximum atomic E-state index is 3.40. The van der Waals surface area contributed by atoms with Crippen molar-refractivity contribution >= 4 is 0 Å². The number of hydrogen-bond acceptors (Lipinski definition) is 0. The van der Waals surface area contributed by atoms with Gasteiger partial charge in [-0.1, -0.05) is 39.0 Å². The fraction of sp³-hybridized carbons (Fsp3) is 0.538. The van der Waals surface area contributed by atoms with Crippen LogP contribution < -0.4 is 0 Å². The molecule has 1 aromatic carbocycles. The maximum Gasteiger partial charge on any atom is -0.0126 e. The van der Waals surface area contributed by atoms with Gasteiger partial charge in [0.25, 0.3) is 0 Å². The van der Waals surface area contributed by atoms with Crippen LogP contribution in [-0.4, -0.2) is 0 Å². The fourth-order valence-corrected chi connectivity index (χ4v) is 1.57. The van der Waals surface area contributed by atoms with Gasteiger partial charge in [0.2, 0.25) is 0 Å². The Morgan fingerprint density at radius 2 is 1.92 bits per heavy atom. The average molecular weight is 173 g/mol. The van der Waals surface area contributed by atoms with Gasteiger partial charge in [-0.05, 0) is 41.4 Å². The van der Waals surface area contributed by atoms with Crippen molar-refractivity contribution in [3.05, 3.63) is 35.4 Å². The number of hydrogen-bond donors (Lipinski definition) is 0. The lowest BCUT2D eigenvalue weighted by Crippen LogP contribution is -2.10. The van der Waals surface area contributed by atoms with Crippen LogP contribution in [0.3, 0.4) is 0 Å². The van der Waals surface area contributed by atoms with Crippen LogP contribution in [0.2, 0.25) is 0 Å². The van der Waals surface area contributed by atoms with Crippen molar-refractivity contribution < 1.29 is 0 Å². The predicted molar refractivity (Wildman–Crippen MR) is 56.0 cm³/mol. The monoisotopic (exact) mass is 173 g/mol. The second-order valence-electron chi connectivity index (χ2n) is 5.06. The third-order valence-electron chi connectivity index (χ3n) is 2.69. The molecule has 1 aliphatic carbocycles. The fourth-order valence-electron chi connectivity index (χ4n) is 1.57. The third-order valence-corrected chi connectivity index (χ3v) is 2.69. The second kappa shape index (κ2) is 2.87. The molecule has 1 radical (unpaired) electrons. The Hall–Kier alpha value is -0.780. The lowest BCUT2D eigenvalue weighted by Gasteiger charge is -2.18. The van der Waals surface area contributed by atoms with Gasteiger partial charge in [0.1, 0.15) is 0 Å². The molecule has 0 heterocycles. The van der Waals surface area contributed by atoms with E-state index >= 15 is 0 Å². The van der Waals surface area contributed by atoms with Crippen LogP contribution in [0.5, 0.6) is 0 Å². The summed E-state index contributed by atoms with van der Waals surface area (Å²) in [6, 6.07) is 10.1. The summed E-state index contributed by atoms with van der Waals surface area (Å²) in [6.45, 7) is 6.70. The molecule has 1 aromatic rings. The van der Waals surface area contributed by atoms with Crippen LogP contribution >= 0.6 is 0 Å². The summed E-state index contributed by atoms with van der Waals surface area (Å²) in [5.74, 6) is 0.852. The van der Waals surface area contributed by atoms with Gasteiger partial charge in [-0.15, -0.1) is 0 Å². The van der Waals surface area contributed by atoms with E-state index < -0.39 is 0 Å². The lowest BCUT2D eigenvalue weighted by atomic mass is 9.86. The minimum Gasteiger partial charge on any atom is -0.0584 e. The van der Waals surface area contributed by atoms with Gasteiger partial charge in [-0.2, -0.15) is 0 Å². The van der Waals surface area contributed by atoms with Crippen LogP contribution in [0.15, 0.2) is 18.2 Å². The van der Waals surface area contributed by atoms with E-state index in [4.69, 9.17) is 0 Å². The van der Waals surface area contributed by atoms with Gasteiger partial charge in [0.05, 0.1) is 0 Å². The Labute approximate surface area is 81.0 Å². The molecule has 0 unspecified atom stereocenters. The first-order valence-electron chi connectivity index (χ1n) is 5.09. The first-order chi connectivity index (χ1) is 6.07. The van der Waals surface area contributed by atoms with Crippen molar-refractivity contribution in [2.24, 2.45) is 0 Å². The minimum atomic E-state index is 0.238. The van der Waals surface area contributed by atoms with Crippen molar-refractivity contribution in [3.63, 3.8) is 0 Å². The van der Waals surface area contributed by atoms with Crippen LogP contribution in [0, 0.1) is 6.07 Å². The van der Waals surface area contributed by atoms with E-state index in [1.165, 1.54) is 24.0 Å². The van der Waals surface area contributed by atoms with Crippen molar-refractivity contribution in [1.29, 1.82) is 0 Å². The largest absolute Gasteiger partial charge is 0.0584 e. The summed E-state index contributed by atoms with van der Waals surface area (Å²) >= 11 is 0. The molecule has 0 amide bonds. The highest BCUT2D eigenvalue weighted by atomic mass is 14.3. The molecule has 0 heteroatoms. The average Bonchev–Trinajstić information content (AvgIpc) is 2.85. The van der Waals surface area contributed by atoms with E-state index in [9.17, 15) is 0 Å². The Morgan fingerprint density at radius 1 is 1.23 bits per heavy atom. The Morgan fingerprint density at radius 3 is 2.31 bits per heavy atom. The van der Waals surface area contributed by atoms with Crippen LogP contribution in [0.1, 0.15) is 50.7 Å². The van der Waals surface area contributed by atoms with E-state index in [0.717, 1.165) is 5.92 Å². The molecule has 0 nitrogen and oxygen atoms in total. The van der Waals surface area contributed by atoms with Gasteiger partial charge >= 0.3 is 0 Å². The van der Waals surface area contributed by atoms with Gasteiger partial charge < -0.3 is 0 Å². The molecule has 13 heavy (non-hydrogen) atoms. The predicted octanol–water partition coefficient (Wildman–Crippen LogP) is 3.66. The molecule has 0 spiro atoms. The molecule has 2 rings (SSSR count). The molecule has 0 saturated heterocycles. The zero-order chi connectivity index (χ0) is 9.47. The standard InChI is InChI=1S/C13H17/c1-13(2,3)12-8-6-11(7-9-12)10-4-5-10/h6-8,10H,4-5H2,1-3H3. The maximum absolute atomic E-state index is 3.40. The summed E-state index contributed by atoms with van der Waals surface area (Å²) in [5.41, 5.74) is 3.03. The molecule has 0 bridgehead atoms. The molecule has 69 valence electrons. The highest BCUT2D eigenvalue weighted by Crippen LogP contribution is 2.40. The summed E-state index contributed by atoms with van der Waals surface area (Å²) in [7, 11) is 0. The molecule has 0 atom stereocenters. The topological polar surface area (TPSA) is 0 Å². The molecule has 1 aliphatic rings. The van der Waals surface area contributed by atoms with E-state index in [2.05, 4.69) is 45.0 Å². The first-order valence-corrected chi connectivity index (χ1v) is 5.09. The number of benzene rings is 1. The van der Waals surface area contributed by atoms with Gasteiger partial charge in [-0.25, -0.2) is 0 Å². The molecule has 0 aromatic heterocycles. The third kappa shape index (κ3) is 1.93. The normalized spacial score (nSPS) is 17.5. The number of rotatable bonds is 1. The van der Waals surface area contributed by atoms with E-state index in [1.54, 1.807) is 0 Å². The molecule has 1 fully saturated rings. The highest BCUT2D eigenvalue weighted by Gasteiger charge is 2.23. The van der Waals surface area contributed by atoms with Gasteiger partial charge in [0, 0.05) is 0 Å². The van der Waals surface area contributed by atoms with E-state index in [0.29, 0.717) is 0 Å². The van der Waals surface area contributed by atoms with Gasteiger partial charge in [-0.3, -0.25) is 0 Å². The molecular weight excluding hydrogens is 156 g/mol. The summed E-state index contributed by atoms with van der Waals surface area (Å²) < 4.78 is 0. The summed E-state index contributed by atoms with van der Waals surface area (Å²) in [5, 5.41) is 0. The van der Waals surface area contributed by atoms with Gasteiger partial charge in [0.15, 0.2) is 0 Å². The van der Waals surface area contributed by atoms with E-state index in [1.807, 2.05) is 0 Å².